The lowest BCUT2D eigenvalue weighted by Gasteiger charge is -2.22. The first kappa shape index (κ1) is 16.2. The van der Waals surface area contributed by atoms with Gasteiger partial charge in [-0.25, -0.2) is 9.18 Å². The molecule has 2 atom stereocenters. The third-order valence-electron chi connectivity index (χ3n) is 2.98. The summed E-state index contributed by atoms with van der Waals surface area (Å²) in [7, 11) is 0. The Labute approximate surface area is 121 Å². The second-order valence-electron chi connectivity index (χ2n) is 4.49. The first-order valence-corrected chi connectivity index (χ1v) is 6.54. The minimum Gasteiger partial charge on any atom is -0.352 e. The molecule has 0 unspecified atom stereocenters. The molecule has 1 aromatic carbocycles. The highest BCUT2D eigenvalue weighted by atomic mass is 35.5. The van der Waals surface area contributed by atoms with Crippen LogP contribution in [0, 0.1) is 11.7 Å². The lowest BCUT2D eigenvalue weighted by Crippen LogP contribution is -2.49. The number of carbonyl (C=O) groups excluding carboxylic acids is 2. The van der Waals surface area contributed by atoms with Gasteiger partial charge in [-0.3, -0.25) is 4.79 Å². The molecule has 1 aromatic rings. The second-order valence-corrected chi connectivity index (χ2v) is 4.90. The van der Waals surface area contributed by atoms with E-state index in [4.69, 9.17) is 17.3 Å². The van der Waals surface area contributed by atoms with Crippen molar-refractivity contribution in [1.29, 1.82) is 0 Å². The van der Waals surface area contributed by atoms with Crippen LogP contribution in [0.1, 0.15) is 20.3 Å². The molecule has 0 aliphatic rings. The molecule has 110 valence electrons. The Balaban J connectivity index is 2.84. The Bertz CT molecular complexity index is 510. The third kappa shape index (κ3) is 4.38. The maximum atomic E-state index is 13.0. The van der Waals surface area contributed by atoms with E-state index >= 15 is 0 Å². The Morgan fingerprint density at radius 1 is 1.45 bits per heavy atom. The maximum absolute atomic E-state index is 13.0. The maximum Gasteiger partial charge on any atom is 0.312 e. The van der Waals surface area contributed by atoms with E-state index in [0.717, 1.165) is 6.07 Å². The Kier molecular flexibility index (Phi) is 5.76. The molecule has 0 heterocycles. The van der Waals surface area contributed by atoms with Crippen LogP contribution in [0.15, 0.2) is 18.2 Å². The van der Waals surface area contributed by atoms with E-state index in [2.05, 4.69) is 10.6 Å². The van der Waals surface area contributed by atoms with E-state index in [9.17, 15) is 14.0 Å². The number of rotatable bonds is 5. The Morgan fingerprint density at radius 3 is 2.60 bits per heavy atom. The fourth-order valence-corrected chi connectivity index (χ4v) is 1.83. The van der Waals surface area contributed by atoms with Crippen molar-refractivity contribution in [3.05, 3.63) is 29.0 Å². The van der Waals surface area contributed by atoms with Gasteiger partial charge in [0.25, 0.3) is 0 Å². The number of benzene rings is 1. The molecule has 0 aliphatic heterocycles. The molecule has 3 amide bonds. The van der Waals surface area contributed by atoms with Crippen LogP contribution < -0.4 is 16.4 Å². The minimum absolute atomic E-state index is 0.0919. The van der Waals surface area contributed by atoms with Gasteiger partial charge in [0.2, 0.25) is 5.91 Å². The molecule has 20 heavy (non-hydrogen) atoms. The van der Waals surface area contributed by atoms with Gasteiger partial charge in [-0.05, 0) is 24.1 Å². The van der Waals surface area contributed by atoms with Crippen LogP contribution in [0.5, 0.6) is 0 Å². The van der Waals surface area contributed by atoms with Crippen LogP contribution in [-0.2, 0) is 4.79 Å². The molecule has 0 saturated carbocycles. The number of amides is 3. The SMILES string of the molecule is CC[C@H](C)[C@@H](NC(N)=O)C(=O)Nc1ccc(F)c(Cl)c1. The molecule has 0 bridgehead atoms. The summed E-state index contributed by atoms with van der Waals surface area (Å²) in [5.74, 6) is -1.10. The van der Waals surface area contributed by atoms with Gasteiger partial charge < -0.3 is 16.4 Å². The van der Waals surface area contributed by atoms with Gasteiger partial charge in [0.15, 0.2) is 0 Å². The summed E-state index contributed by atoms with van der Waals surface area (Å²) >= 11 is 5.63. The number of nitrogens with one attached hydrogen (secondary N) is 2. The number of hydrogen-bond donors (Lipinski definition) is 3. The number of nitrogens with two attached hydrogens (primary N) is 1. The number of hydrogen-bond acceptors (Lipinski definition) is 2. The highest BCUT2D eigenvalue weighted by Gasteiger charge is 2.25. The molecule has 0 radical (unpaired) electrons. The smallest absolute Gasteiger partial charge is 0.312 e. The zero-order valence-corrected chi connectivity index (χ0v) is 12.0. The van der Waals surface area contributed by atoms with Crippen LogP contribution in [0.3, 0.4) is 0 Å². The van der Waals surface area contributed by atoms with Gasteiger partial charge in [-0.15, -0.1) is 0 Å². The summed E-state index contributed by atoms with van der Waals surface area (Å²) in [5, 5.41) is 4.87. The van der Waals surface area contributed by atoms with Gasteiger partial charge >= 0.3 is 6.03 Å². The molecule has 0 saturated heterocycles. The number of primary amides is 1. The largest absolute Gasteiger partial charge is 0.352 e. The fourth-order valence-electron chi connectivity index (χ4n) is 1.65. The standard InChI is InChI=1S/C13H17ClFN3O2/c1-3-7(2)11(18-13(16)20)12(19)17-8-4-5-10(15)9(14)6-8/h4-7,11H,3H2,1-2H3,(H,17,19)(H3,16,18,20)/t7-,11+/m0/s1. The summed E-state index contributed by atoms with van der Waals surface area (Å²) in [6, 6.07) is 2.30. The first-order chi connectivity index (χ1) is 9.35. The molecular formula is C13H17ClFN3O2. The average molecular weight is 302 g/mol. The molecular weight excluding hydrogens is 285 g/mol. The average Bonchev–Trinajstić information content (AvgIpc) is 2.39. The second kappa shape index (κ2) is 7.09. The quantitative estimate of drug-likeness (QED) is 0.780. The van der Waals surface area contributed by atoms with E-state index < -0.39 is 23.8 Å². The van der Waals surface area contributed by atoms with Crippen LogP contribution in [-0.4, -0.2) is 18.0 Å². The summed E-state index contributed by atoms with van der Waals surface area (Å²) in [4.78, 5) is 23.1. The Morgan fingerprint density at radius 2 is 2.10 bits per heavy atom. The molecule has 5 nitrogen and oxygen atoms in total. The van der Waals surface area contributed by atoms with Crippen molar-refractivity contribution in [2.75, 3.05) is 5.32 Å². The van der Waals surface area contributed by atoms with Crippen LogP contribution in [0.4, 0.5) is 14.9 Å². The highest BCUT2D eigenvalue weighted by molar-refractivity contribution is 6.31. The predicted octanol–water partition coefficient (Wildman–Crippen LogP) is 2.50. The summed E-state index contributed by atoms with van der Waals surface area (Å²) < 4.78 is 13.0. The minimum atomic E-state index is -0.775. The van der Waals surface area contributed by atoms with E-state index in [1.54, 1.807) is 0 Å². The van der Waals surface area contributed by atoms with Gasteiger partial charge in [-0.2, -0.15) is 0 Å². The molecule has 0 spiro atoms. The summed E-state index contributed by atoms with van der Waals surface area (Å²) in [6.45, 7) is 3.71. The van der Waals surface area contributed by atoms with Crippen LogP contribution in [0.25, 0.3) is 0 Å². The van der Waals surface area contributed by atoms with E-state index in [1.165, 1.54) is 12.1 Å². The molecule has 1 rings (SSSR count). The van der Waals surface area contributed by atoms with Crippen molar-refractivity contribution in [3.63, 3.8) is 0 Å². The number of carbonyl (C=O) groups is 2. The topological polar surface area (TPSA) is 84.2 Å². The van der Waals surface area contributed by atoms with E-state index in [1.807, 2.05) is 13.8 Å². The van der Waals surface area contributed by atoms with Gasteiger partial charge in [0.1, 0.15) is 11.9 Å². The monoisotopic (exact) mass is 301 g/mol. The van der Waals surface area contributed by atoms with E-state index in [-0.39, 0.29) is 10.9 Å². The number of anilines is 1. The predicted molar refractivity (Wildman–Crippen MR) is 76.0 cm³/mol. The summed E-state index contributed by atoms with van der Waals surface area (Å²) in [5.41, 5.74) is 5.41. The molecule has 0 fully saturated rings. The van der Waals surface area contributed by atoms with Crippen molar-refractivity contribution in [2.24, 2.45) is 11.7 Å². The van der Waals surface area contributed by atoms with Gasteiger partial charge in [-0.1, -0.05) is 31.9 Å². The molecule has 7 heteroatoms. The number of halogens is 2. The molecule has 0 aromatic heterocycles. The van der Waals surface area contributed by atoms with Crippen molar-refractivity contribution in [3.8, 4) is 0 Å². The lowest BCUT2D eigenvalue weighted by atomic mass is 9.98. The van der Waals surface area contributed by atoms with Crippen LogP contribution >= 0.6 is 11.6 Å². The fraction of sp³-hybridized carbons (Fsp3) is 0.385. The van der Waals surface area contributed by atoms with Gasteiger partial charge in [0.05, 0.1) is 5.02 Å². The molecule has 4 N–H and O–H groups in total. The number of urea groups is 1. The zero-order valence-electron chi connectivity index (χ0n) is 11.2. The van der Waals surface area contributed by atoms with Crippen molar-refractivity contribution < 1.29 is 14.0 Å². The lowest BCUT2D eigenvalue weighted by molar-refractivity contribution is -0.119. The zero-order chi connectivity index (χ0) is 15.3. The van der Waals surface area contributed by atoms with Gasteiger partial charge in [0, 0.05) is 5.69 Å². The van der Waals surface area contributed by atoms with Crippen LogP contribution in [0.2, 0.25) is 5.02 Å². The molecule has 0 aliphatic carbocycles. The van der Waals surface area contributed by atoms with Crippen molar-refractivity contribution in [1.82, 2.24) is 5.32 Å². The van der Waals surface area contributed by atoms with Crippen molar-refractivity contribution >= 4 is 29.2 Å². The highest BCUT2D eigenvalue weighted by Crippen LogP contribution is 2.20. The normalized spacial score (nSPS) is 13.4. The third-order valence-corrected chi connectivity index (χ3v) is 3.27. The van der Waals surface area contributed by atoms with E-state index in [0.29, 0.717) is 12.1 Å². The first-order valence-electron chi connectivity index (χ1n) is 6.17. The Hall–Kier alpha value is -1.82. The summed E-state index contributed by atoms with van der Waals surface area (Å²) in [6.07, 6.45) is 0.683. The van der Waals surface area contributed by atoms with Crippen molar-refractivity contribution in [2.45, 2.75) is 26.3 Å².